The summed E-state index contributed by atoms with van der Waals surface area (Å²) < 4.78 is 10.2. The lowest BCUT2D eigenvalue weighted by molar-refractivity contribution is 0.353. The molecular formula is C11H14N4O2S. The zero-order valence-electron chi connectivity index (χ0n) is 10.1. The number of thiophene rings is 1. The summed E-state index contributed by atoms with van der Waals surface area (Å²) in [5, 5.41) is 1.98. The van der Waals surface area contributed by atoms with Crippen molar-refractivity contribution < 1.29 is 9.47 Å². The zero-order chi connectivity index (χ0) is 13.0. The molecule has 6 nitrogen and oxygen atoms in total. The summed E-state index contributed by atoms with van der Waals surface area (Å²) in [6, 6.07) is 3.67. The van der Waals surface area contributed by atoms with Gasteiger partial charge in [-0.05, 0) is 11.4 Å². The van der Waals surface area contributed by atoms with Gasteiger partial charge in [0.1, 0.15) is 11.7 Å². The van der Waals surface area contributed by atoms with Crippen molar-refractivity contribution in [3.05, 3.63) is 34.3 Å². The van der Waals surface area contributed by atoms with Crippen LogP contribution in [0.5, 0.6) is 11.8 Å². The lowest BCUT2D eigenvalue weighted by Crippen LogP contribution is -2.29. The molecular weight excluding hydrogens is 252 g/mol. The van der Waals surface area contributed by atoms with Crippen molar-refractivity contribution in [2.24, 2.45) is 5.84 Å². The number of nitrogens with zero attached hydrogens (tertiary/aromatic N) is 2. The molecule has 1 unspecified atom stereocenters. The van der Waals surface area contributed by atoms with Crippen LogP contribution in [0.1, 0.15) is 16.6 Å². The SMILES string of the molecule is COc1cnc(C(NN)c2cccs2)c(OC)n1. The number of aromatic nitrogens is 2. The molecule has 2 heterocycles. The number of ether oxygens (including phenoxy) is 2. The van der Waals surface area contributed by atoms with Crippen LogP contribution >= 0.6 is 11.3 Å². The fraction of sp³-hybridized carbons (Fsp3) is 0.273. The Hall–Kier alpha value is -1.70. The van der Waals surface area contributed by atoms with Crippen LogP contribution in [0.3, 0.4) is 0 Å². The molecule has 2 aromatic heterocycles. The van der Waals surface area contributed by atoms with Crippen molar-refractivity contribution in [2.45, 2.75) is 6.04 Å². The molecule has 7 heteroatoms. The van der Waals surface area contributed by atoms with E-state index in [0.29, 0.717) is 17.5 Å². The van der Waals surface area contributed by atoms with E-state index in [-0.39, 0.29) is 6.04 Å². The molecule has 0 aliphatic rings. The number of nitrogens with two attached hydrogens (primary N) is 1. The summed E-state index contributed by atoms with van der Waals surface area (Å²) in [6.45, 7) is 0. The Labute approximate surface area is 109 Å². The van der Waals surface area contributed by atoms with Crippen LogP contribution in [0.15, 0.2) is 23.7 Å². The molecule has 3 N–H and O–H groups in total. The molecule has 0 aliphatic heterocycles. The first kappa shape index (κ1) is 12.7. The van der Waals surface area contributed by atoms with Gasteiger partial charge in [0.25, 0.3) is 0 Å². The van der Waals surface area contributed by atoms with Gasteiger partial charge in [-0.15, -0.1) is 11.3 Å². The van der Waals surface area contributed by atoms with Gasteiger partial charge in [-0.3, -0.25) is 5.84 Å². The number of hydrogen-bond donors (Lipinski definition) is 2. The number of nitrogens with one attached hydrogen (secondary N) is 1. The standard InChI is InChI=1S/C11H14N4O2S/c1-16-8-6-13-10(11(14-8)17-2)9(15-12)7-4-3-5-18-7/h3-6,9,15H,12H2,1-2H3. The minimum atomic E-state index is -0.252. The Bertz CT molecular complexity index is 504. The van der Waals surface area contributed by atoms with Crippen LogP contribution in [0.25, 0.3) is 0 Å². The molecule has 0 aliphatic carbocycles. The van der Waals surface area contributed by atoms with Gasteiger partial charge >= 0.3 is 0 Å². The Morgan fingerprint density at radius 1 is 1.39 bits per heavy atom. The van der Waals surface area contributed by atoms with Crippen molar-refractivity contribution in [1.82, 2.24) is 15.4 Å². The van der Waals surface area contributed by atoms with E-state index in [1.165, 1.54) is 20.4 Å². The Kier molecular flexibility index (Phi) is 4.08. The van der Waals surface area contributed by atoms with Crippen LogP contribution in [-0.4, -0.2) is 24.2 Å². The highest BCUT2D eigenvalue weighted by Crippen LogP contribution is 2.29. The van der Waals surface area contributed by atoms with Gasteiger partial charge in [0.2, 0.25) is 11.8 Å². The third-order valence-corrected chi connectivity index (χ3v) is 3.35. The van der Waals surface area contributed by atoms with Crippen LogP contribution in [0.2, 0.25) is 0 Å². The average Bonchev–Trinajstić information content (AvgIpc) is 2.94. The van der Waals surface area contributed by atoms with Gasteiger partial charge in [0.05, 0.1) is 20.4 Å². The Balaban J connectivity index is 2.42. The van der Waals surface area contributed by atoms with Crippen LogP contribution < -0.4 is 20.7 Å². The molecule has 96 valence electrons. The van der Waals surface area contributed by atoms with E-state index < -0.39 is 0 Å². The van der Waals surface area contributed by atoms with Crippen molar-refractivity contribution >= 4 is 11.3 Å². The smallest absolute Gasteiger partial charge is 0.240 e. The number of hydrogen-bond acceptors (Lipinski definition) is 7. The van der Waals surface area contributed by atoms with Crippen LogP contribution in [0.4, 0.5) is 0 Å². The minimum Gasteiger partial charge on any atom is -0.480 e. The second-order valence-electron chi connectivity index (χ2n) is 3.42. The Morgan fingerprint density at radius 3 is 2.78 bits per heavy atom. The van der Waals surface area contributed by atoms with E-state index in [4.69, 9.17) is 15.3 Å². The second kappa shape index (κ2) is 5.76. The average molecular weight is 266 g/mol. The van der Waals surface area contributed by atoms with Gasteiger partial charge in [-0.1, -0.05) is 6.07 Å². The molecule has 0 fully saturated rings. The first-order chi connectivity index (χ1) is 8.80. The summed E-state index contributed by atoms with van der Waals surface area (Å²) in [6.07, 6.45) is 1.54. The van der Waals surface area contributed by atoms with Crippen molar-refractivity contribution in [1.29, 1.82) is 0 Å². The summed E-state index contributed by atoms with van der Waals surface area (Å²) in [5.41, 5.74) is 3.35. The topological polar surface area (TPSA) is 82.3 Å². The summed E-state index contributed by atoms with van der Waals surface area (Å²) in [7, 11) is 3.07. The van der Waals surface area contributed by atoms with E-state index in [1.54, 1.807) is 11.3 Å². The highest BCUT2D eigenvalue weighted by Gasteiger charge is 2.21. The molecule has 0 saturated heterocycles. The van der Waals surface area contributed by atoms with Gasteiger partial charge in [-0.2, -0.15) is 4.98 Å². The Morgan fingerprint density at radius 2 is 2.22 bits per heavy atom. The van der Waals surface area contributed by atoms with Gasteiger partial charge < -0.3 is 9.47 Å². The van der Waals surface area contributed by atoms with E-state index >= 15 is 0 Å². The molecule has 0 bridgehead atoms. The molecule has 0 spiro atoms. The summed E-state index contributed by atoms with van der Waals surface area (Å²) in [5.74, 6) is 6.39. The maximum atomic E-state index is 5.59. The molecule has 0 aromatic carbocycles. The van der Waals surface area contributed by atoms with Crippen molar-refractivity contribution in [2.75, 3.05) is 14.2 Å². The van der Waals surface area contributed by atoms with Crippen LogP contribution in [-0.2, 0) is 0 Å². The third-order valence-electron chi connectivity index (χ3n) is 2.42. The maximum Gasteiger partial charge on any atom is 0.240 e. The molecule has 18 heavy (non-hydrogen) atoms. The second-order valence-corrected chi connectivity index (χ2v) is 4.40. The van der Waals surface area contributed by atoms with Crippen LogP contribution in [0, 0.1) is 0 Å². The molecule has 2 rings (SSSR count). The third kappa shape index (κ3) is 2.42. The number of rotatable bonds is 5. The van der Waals surface area contributed by atoms with E-state index in [9.17, 15) is 0 Å². The fourth-order valence-corrected chi connectivity index (χ4v) is 2.35. The van der Waals surface area contributed by atoms with E-state index in [2.05, 4.69) is 15.4 Å². The molecule has 0 amide bonds. The lowest BCUT2D eigenvalue weighted by Gasteiger charge is -2.16. The highest BCUT2D eigenvalue weighted by molar-refractivity contribution is 7.10. The number of hydrazine groups is 1. The van der Waals surface area contributed by atoms with Gasteiger partial charge in [-0.25, -0.2) is 10.4 Å². The summed E-state index contributed by atoms with van der Waals surface area (Å²) in [4.78, 5) is 9.53. The van der Waals surface area contributed by atoms with Gasteiger partial charge in [0.15, 0.2) is 0 Å². The normalized spacial score (nSPS) is 12.2. The molecule has 2 aromatic rings. The fourth-order valence-electron chi connectivity index (χ4n) is 1.56. The maximum absolute atomic E-state index is 5.59. The van der Waals surface area contributed by atoms with Gasteiger partial charge in [0, 0.05) is 4.88 Å². The summed E-state index contributed by atoms with van der Waals surface area (Å²) >= 11 is 1.58. The first-order valence-electron chi connectivity index (χ1n) is 5.24. The first-order valence-corrected chi connectivity index (χ1v) is 6.12. The predicted octanol–water partition coefficient (Wildman–Crippen LogP) is 1.11. The van der Waals surface area contributed by atoms with E-state index in [1.807, 2.05) is 17.5 Å². The van der Waals surface area contributed by atoms with Crippen molar-refractivity contribution in [3.63, 3.8) is 0 Å². The molecule has 1 atom stereocenters. The predicted molar refractivity (Wildman–Crippen MR) is 68.6 cm³/mol. The quantitative estimate of drug-likeness (QED) is 0.623. The largest absolute Gasteiger partial charge is 0.480 e. The highest BCUT2D eigenvalue weighted by atomic mass is 32.1. The molecule has 0 saturated carbocycles. The number of methoxy groups -OCH3 is 2. The monoisotopic (exact) mass is 266 g/mol. The minimum absolute atomic E-state index is 0.252. The lowest BCUT2D eigenvalue weighted by atomic mass is 10.2. The zero-order valence-corrected chi connectivity index (χ0v) is 10.9. The van der Waals surface area contributed by atoms with E-state index in [0.717, 1.165) is 4.88 Å². The molecule has 0 radical (unpaired) electrons. The van der Waals surface area contributed by atoms with Crippen molar-refractivity contribution in [3.8, 4) is 11.8 Å².